The van der Waals surface area contributed by atoms with E-state index in [9.17, 15) is 8.42 Å². The Labute approximate surface area is 138 Å². The topological polar surface area (TPSA) is 61.2 Å². The van der Waals surface area contributed by atoms with Crippen molar-refractivity contribution in [2.75, 3.05) is 10.8 Å². The van der Waals surface area contributed by atoms with Crippen LogP contribution >= 0.6 is 15.9 Å². The highest BCUT2D eigenvalue weighted by Gasteiger charge is 2.34. The van der Waals surface area contributed by atoms with Crippen molar-refractivity contribution >= 4 is 31.6 Å². The highest BCUT2D eigenvalue weighted by Crippen LogP contribution is 2.39. The SMILES string of the molecule is C[C@@H]1CN(S(=O)(=O)c2cc(Br)cc(C#N)c2)c2ccccc21. The first-order valence-electron chi connectivity index (χ1n) is 6.76. The molecule has 0 amide bonds. The zero-order chi connectivity index (χ0) is 15.9. The van der Waals surface area contributed by atoms with Gasteiger partial charge in [-0.3, -0.25) is 4.31 Å². The molecule has 0 saturated heterocycles. The molecular weight excluding hydrogens is 364 g/mol. The highest BCUT2D eigenvalue weighted by atomic mass is 79.9. The molecular formula is C16H13BrN2O2S. The van der Waals surface area contributed by atoms with Gasteiger partial charge in [0, 0.05) is 16.9 Å². The molecule has 0 fully saturated rings. The van der Waals surface area contributed by atoms with Crippen LogP contribution in [0.25, 0.3) is 0 Å². The summed E-state index contributed by atoms with van der Waals surface area (Å²) in [5, 5.41) is 9.04. The predicted molar refractivity (Wildman–Crippen MR) is 88.2 cm³/mol. The van der Waals surface area contributed by atoms with Gasteiger partial charge in [-0.2, -0.15) is 5.26 Å². The van der Waals surface area contributed by atoms with Crippen LogP contribution in [0.4, 0.5) is 5.69 Å². The number of sulfonamides is 1. The van der Waals surface area contributed by atoms with Gasteiger partial charge >= 0.3 is 0 Å². The first-order valence-corrected chi connectivity index (χ1v) is 8.99. The molecule has 0 radical (unpaired) electrons. The molecule has 22 heavy (non-hydrogen) atoms. The molecule has 2 aromatic rings. The second kappa shape index (κ2) is 5.41. The van der Waals surface area contributed by atoms with Crippen LogP contribution in [0.2, 0.25) is 0 Å². The normalized spacial score (nSPS) is 17.1. The molecule has 2 aromatic carbocycles. The van der Waals surface area contributed by atoms with Crippen LogP contribution in [0.1, 0.15) is 24.0 Å². The molecule has 3 rings (SSSR count). The van der Waals surface area contributed by atoms with Crippen molar-refractivity contribution in [2.45, 2.75) is 17.7 Å². The number of nitriles is 1. The van der Waals surface area contributed by atoms with Gasteiger partial charge in [0.25, 0.3) is 10.0 Å². The largest absolute Gasteiger partial charge is 0.265 e. The highest BCUT2D eigenvalue weighted by molar-refractivity contribution is 9.10. The van der Waals surface area contributed by atoms with Gasteiger partial charge in [-0.15, -0.1) is 0 Å². The quantitative estimate of drug-likeness (QED) is 0.803. The van der Waals surface area contributed by atoms with E-state index < -0.39 is 10.0 Å². The maximum Gasteiger partial charge on any atom is 0.264 e. The fourth-order valence-corrected chi connectivity index (χ4v) is 5.00. The van der Waals surface area contributed by atoms with Crippen molar-refractivity contribution in [1.29, 1.82) is 5.26 Å². The molecule has 0 bridgehead atoms. The number of rotatable bonds is 2. The molecule has 1 heterocycles. The second-order valence-corrected chi connectivity index (χ2v) is 8.06. The van der Waals surface area contributed by atoms with E-state index >= 15 is 0 Å². The Morgan fingerprint density at radius 1 is 1.27 bits per heavy atom. The number of hydrogen-bond donors (Lipinski definition) is 0. The van der Waals surface area contributed by atoms with Crippen molar-refractivity contribution in [3.05, 3.63) is 58.1 Å². The number of para-hydroxylation sites is 1. The van der Waals surface area contributed by atoms with Crippen LogP contribution in [-0.4, -0.2) is 15.0 Å². The zero-order valence-corrected chi connectivity index (χ0v) is 14.2. The Morgan fingerprint density at radius 2 is 2.00 bits per heavy atom. The second-order valence-electron chi connectivity index (χ2n) is 5.28. The number of benzene rings is 2. The summed E-state index contributed by atoms with van der Waals surface area (Å²) in [5.74, 6) is 0.147. The van der Waals surface area contributed by atoms with Gasteiger partial charge in [0.1, 0.15) is 0 Å². The van der Waals surface area contributed by atoms with Crippen LogP contribution in [0, 0.1) is 11.3 Å². The average Bonchev–Trinajstić information content (AvgIpc) is 2.85. The smallest absolute Gasteiger partial charge is 0.264 e. The maximum atomic E-state index is 13.0. The van der Waals surface area contributed by atoms with Crippen LogP contribution in [0.3, 0.4) is 0 Å². The Kier molecular flexibility index (Phi) is 3.71. The molecule has 1 atom stereocenters. The molecule has 112 valence electrons. The van der Waals surface area contributed by atoms with E-state index in [4.69, 9.17) is 5.26 Å². The minimum Gasteiger partial charge on any atom is -0.265 e. The number of nitrogens with zero attached hydrogens (tertiary/aromatic N) is 2. The summed E-state index contributed by atoms with van der Waals surface area (Å²) >= 11 is 3.26. The van der Waals surface area contributed by atoms with Gasteiger partial charge in [-0.05, 0) is 29.8 Å². The number of hydrogen-bond acceptors (Lipinski definition) is 3. The lowest BCUT2D eigenvalue weighted by Crippen LogP contribution is -2.29. The van der Waals surface area contributed by atoms with E-state index in [2.05, 4.69) is 15.9 Å². The lowest BCUT2D eigenvalue weighted by Gasteiger charge is -2.20. The van der Waals surface area contributed by atoms with Gasteiger partial charge in [0.05, 0.1) is 22.2 Å². The van der Waals surface area contributed by atoms with Gasteiger partial charge in [0.2, 0.25) is 0 Å². The Bertz CT molecular complexity index is 887. The average molecular weight is 377 g/mol. The molecule has 1 aliphatic heterocycles. The third kappa shape index (κ3) is 2.40. The third-order valence-corrected chi connectivity index (χ3v) is 5.98. The van der Waals surface area contributed by atoms with Gasteiger partial charge < -0.3 is 0 Å². The van der Waals surface area contributed by atoms with Crippen LogP contribution in [0.15, 0.2) is 51.8 Å². The fourth-order valence-electron chi connectivity index (χ4n) is 2.71. The monoisotopic (exact) mass is 376 g/mol. The van der Waals surface area contributed by atoms with E-state index in [-0.39, 0.29) is 10.8 Å². The van der Waals surface area contributed by atoms with Crippen LogP contribution in [0.5, 0.6) is 0 Å². The summed E-state index contributed by atoms with van der Waals surface area (Å²) < 4.78 is 27.9. The van der Waals surface area contributed by atoms with E-state index in [0.717, 1.165) is 5.56 Å². The Balaban J connectivity index is 2.13. The van der Waals surface area contributed by atoms with Crippen molar-refractivity contribution < 1.29 is 8.42 Å². The van der Waals surface area contributed by atoms with Crippen molar-refractivity contribution in [1.82, 2.24) is 0 Å². The zero-order valence-electron chi connectivity index (χ0n) is 11.8. The minimum atomic E-state index is -3.69. The van der Waals surface area contributed by atoms with Crippen LogP contribution in [-0.2, 0) is 10.0 Å². The predicted octanol–water partition coefficient (Wildman–Crippen LogP) is 3.63. The maximum absolute atomic E-state index is 13.0. The molecule has 0 aliphatic carbocycles. The fraction of sp³-hybridized carbons (Fsp3) is 0.188. The molecule has 0 unspecified atom stereocenters. The summed E-state index contributed by atoms with van der Waals surface area (Å²) in [6, 6.07) is 14.0. The molecule has 1 aliphatic rings. The Morgan fingerprint density at radius 3 is 2.73 bits per heavy atom. The van der Waals surface area contributed by atoms with Crippen molar-refractivity contribution in [2.24, 2.45) is 0 Å². The molecule has 0 spiro atoms. The summed E-state index contributed by atoms with van der Waals surface area (Å²) in [4.78, 5) is 0.127. The lowest BCUT2D eigenvalue weighted by molar-refractivity contribution is 0.590. The first kappa shape index (κ1) is 15.1. The van der Waals surface area contributed by atoms with E-state index in [1.54, 1.807) is 6.07 Å². The minimum absolute atomic E-state index is 0.127. The molecule has 0 N–H and O–H groups in total. The van der Waals surface area contributed by atoms with Crippen LogP contribution < -0.4 is 4.31 Å². The first-order chi connectivity index (χ1) is 10.4. The van der Waals surface area contributed by atoms with Gasteiger partial charge in [0.15, 0.2) is 0 Å². The molecule has 6 heteroatoms. The lowest BCUT2D eigenvalue weighted by atomic mass is 10.0. The van der Waals surface area contributed by atoms with Gasteiger partial charge in [-0.25, -0.2) is 8.42 Å². The van der Waals surface area contributed by atoms with E-state index in [1.165, 1.54) is 16.4 Å². The number of anilines is 1. The molecule has 0 aromatic heterocycles. The van der Waals surface area contributed by atoms with Crippen molar-refractivity contribution in [3.63, 3.8) is 0 Å². The molecule has 4 nitrogen and oxygen atoms in total. The third-order valence-electron chi connectivity index (χ3n) is 3.76. The Hall–Kier alpha value is -1.84. The summed E-state index contributed by atoms with van der Waals surface area (Å²) in [6.07, 6.45) is 0. The number of fused-ring (bicyclic) bond motifs is 1. The van der Waals surface area contributed by atoms with Gasteiger partial charge in [-0.1, -0.05) is 41.1 Å². The summed E-state index contributed by atoms with van der Waals surface area (Å²) in [7, 11) is -3.69. The van der Waals surface area contributed by atoms with E-state index in [1.807, 2.05) is 37.3 Å². The van der Waals surface area contributed by atoms with Crippen molar-refractivity contribution in [3.8, 4) is 6.07 Å². The van der Waals surface area contributed by atoms with E-state index in [0.29, 0.717) is 22.3 Å². The standard InChI is InChI=1S/C16H13BrN2O2S/c1-11-10-19(16-5-3-2-4-15(11)16)22(20,21)14-7-12(9-18)6-13(17)8-14/h2-8,11H,10H2,1H3/t11-/m1/s1. The summed E-state index contributed by atoms with van der Waals surface area (Å²) in [6.45, 7) is 2.42. The number of halogens is 1. The molecule has 0 saturated carbocycles. The summed E-state index contributed by atoms with van der Waals surface area (Å²) in [5.41, 5.74) is 2.06.